The molecule has 0 radical (unpaired) electrons. The predicted molar refractivity (Wildman–Crippen MR) is 41.5 cm³/mol. The number of carboxylic acid groups (broad SMARTS) is 1. The maximum absolute atomic E-state index is 11.0. The third-order valence-corrected chi connectivity index (χ3v) is 2.33. The van der Waals surface area contributed by atoms with Crippen LogP contribution in [0.4, 0.5) is 0 Å². The maximum Gasteiger partial charge on any atom is 0.323 e. The van der Waals surface area contributed by atoms with Crippen LogP contribution in [-0.2, 0) is 9.59 Å². The third-order valence-electron chi connectivity index (χ3n) is 1.41. The number of rotatable bonds is 2. The van der Waals surface area contributed by atoms with Crippen LogP contribution in [0.3, 0.4) is 0 Å². The molecule has 1 fully saturated rings. The van der Waals surface area contributed by atoms with Crippen molar-refractivity contribution in [1.82, 2.24) is 4.90 Å². The normalized spacial score (nSPS) is 18.5. The smallest absolute Gasteiger partial charge is 0.323 e. The van der Waals surface area contributed by atoms with E-state index in [1.165, 1.54) is 4.90 Å². The van der Waals surface area contributed by atoms with Gasteiger partial charge in [-0.2, -0.15) is 11.8 Å². The molecular formula is C6H9NO3S. The van der Waals surface area contributed by atoms with Crippen molar-refractivity contribution in [3.63, 3.8) is 0 Å². The van der Waals surface area contributed by atoms with Crippen LogP contribution in [0.25, 0.3) is 0 Å². The topological polar surface area (TPSA) is 57.6 Å². The molecule has 1 saturated heterocycles. The molecule has 0 unspecified atom stereocenters. The van der Waals surface area contributed by atoms with E-state index in [4.69, 9.17) is 5.11 Å². The van der Waals surface area contributed by atoms with Gasteiger partial charge in [-0.05, 0) is 0 Å². The Morgan fingerprint density at radius 2 is 2.45 bits per heavy atom. The van der Waals surface area contributed by atoms with E-state index in [1.54, 1.807) is 11.8 Å². The van der Waals surface area contributed by atoms with Crippen molar-refractivity contribution in [3.05, 3.63) is 0 Å². The highest BCUT2D eigenvalue weighted by Gasteiger charge is 2.19. The molecule has 1 N–H and O–H groups in total. The van der Waals surface area contributed by atoms with Crippen LogP contribution in [-0.4, -0.2) is 46.5 Å². The molecule has 1 amide bonds. The second-order valence-corrected chi connectivity index (χ2v) is 3.37. The first-order chi connectivity index (χ1) is 5.20. The molecule has 1 rings (SSSR count). The quantitative estimate of drug-likeness (QED) is 0.623. The van der Waals surface area contributed by atoms with Crippen molar-refractivity contribution in [2.45, 2.75) is 0 Å². The first-order valence-electron chi connectivity index (χ1n) is 3.27. The molecular weight excluding hydrogens is 166 g/mol. The first-order valence-corrected chi connectivity index (χ1v) is 4.43. The van der Waals surface area contributed by atoms with Crippen LogP contribution in [0.2, 0.25) is 0 Å². The summed E-state index contributed by atoms with van der Waals surface area (Å²) in [5.41, 5.74) is 0. The minimum absolute atomic E-state index is 0.0661. The van der Waals surface area contributed by atoms with Gasteiger partial charge in [0.25, 0.3) is 0 Å². The van der Waals surface area contributed by atoms with Gasteiger partial charge < -0.3 is 10.0 Å². The maximum atomic E-state index is 11.0. The molecule has 1 aliphatic rings. The Kier molecular flexibility index (Phi) is 2.76. The average molecular weight is 175 g/mol. The Morgan fingerprint density at radius 1 is 1.73 bits per heavy atom. The van der Waals surface area contributed by atoms with E-state index >= 15 is 0 Å². The van der Waals surface area contributed by atoms with Crippen molar-refractivity contribution < 1.29 is 14.7 Å². The van der Waals surface area contributed by atoms with Crippen LogP contribution in [0.15, 0.2) is 0 Å². The fourth-order valence-electron chi connectivity index (χ4n) is 0.881. The van der Waals surface area contributed by atoms with Gasteiger partial charge in [-0.15, -0.1) is 0 Å². The number of aliphatic carboxylic acids is 1. The summed E-state index contributed by atoms with van der Waals surface area (Å²) in [6.07, 6.45) is 0. The molecule has 0 atom stereocenters. The zero-order valence-corrected chi connectivity index (χ0v) is 6.76. The van der Waals surface area contributed by atoms with Crippen molar-refractivity contribution in [2.75, 3.05) is 24.6 Å². The van der Waals surface area contributed by atoms with Crippen LogP contribution < -0.4 is 0 Å². The summed E-state index contributed by atoms with van der Waals surface area (Å²) in [7, 11) is 0. The number of carbonyl (C=O) groups excluding carboxylic acids is 1. The van der Waals surface area contributed by atoms with Gasteiger partial charge in [-0.25, -0.2) is 0 Å². The second kappa shape index (κ2) is 3.61. The number of carbonyl (C=O) groups is 2. The van der Waals surface area contributed by atoms with E-state index < -0.39 is 5.97 Å². The van der Waals surface area contributed by atoms with Crippen LogP contribution in [0.5, 0.6) is 0 Å². The third kappa shape index (κ3) is 2.42. The number of hydrogen-bond acceptors (Lipinski definition) is 3. The first kappa shape index (κ1) is 8.39. The molecule has 1 aliphatic heterocycles. The number of carboxylic acids is 1. The summed E-state index contributed by atoms with van der Waals surface area (Å²) in [5.74, 6) is 0.264. The Morgan fingerprint density at radius 3 is 3.00 bits per heavy atom. The van der Waals surface area contributed by atoms with E-state index in [1.807, 2.05) is 0 Å². The van der Waals surface area contributed by atoms with Crippen molar-refractivity contribution in [2.24, 2.45) is 0 Å². The Bertz CT molecular complexity index is 183. The lowest BCUT2D eigenvalue weighted by atomic mass is 10.4. The summed E-state index contributed by atoms with van der Waals surface area (Å²) in [4.78, 5) is 22.6. The summed E-state index contributed by atoms with van der Waals surface area (Å²) in [5, 5.41) is 8.38. The molecule has 0 bridgehead atoms. The summed E-state index contributed by atoms with van der Waals surface area (Å²) in [6, 6.07) is 0. The second-order valence-electron chi connectivity index (χ2n) is 2.26. The van der Waals surface area contributed by atoms with Crippen LogP contribution in [0.1, 0.15) is 0 Å². The summed E-state index contributed by atoms with van der Waals surface area (Å²) >= 11 is 1.55. The van der Waals surface area contributed by atoms with Gasteiger partial charge in [0.15, 0.2) is 0 Å². The predicted octanol–water partition coefficient (Wildman–Crippen LogP) is -0.354. The molecule has 0 aromatic heterocycles. The standard InChI is InChI=1S/C6H9NO3S/c8-5-4-11-2-1-7(5)3-6(9)10/h1-4H2,(H,9,10). The van der Waals surface area contributed by atoms with Gasteiger partial charge in [-0.3, -0.25) is 9.59 Å². The van der Waals surface area contributed by atoms with Gasteiger partial charge in [0, 0.05) is 12.3 Å². The monoisotopic (exact) mass is 175 g/mol. The van der Waals surface area contributed by atoms with E-state index in [0.29, 0.717) is 12.3 Å². The zero-order chi connectivity index (χ0) is 8.27. The van der Waals surface area contributed by atoms with E-state index in [0.717, 1.165) is 5.75 Å². The molecule has 1 heterocycles. The summed E-state index contributed by atoms with van der Waals surface area (Å²) < 4.78 is 0. The van der Waals surface area contributed by atoms with Crippen molar-refractivity contribution >= 4 is 23.6 Å². The number of thioether (sulfide) groups is 1. The molecule has 0 saturated carbocycles. The van der Waals surface area contributed by atoms with Crippen molar-refractivity contribution in [3.8, 4) is 0 Å². The molecule has 5 heteroatoms. The molecule has 0 aromatic carbocycles. The lowest BCUT2D eigenvalue weighted by molar-refractivity contribution is -0.143. The van der Waals surface area contributed by atoms with Gasteiger partial charge >= 0.3 is 5.97 Å². The highest BCUT2D eigenvalue weighted by Crippen LogP contribution is 2.09. The number of hydrogen-bond donors (Lipinski definition) is 1. The lowest BCUT2D eigenvalue weighted by Gasteiger charge is -2.24. The number of nitrogens with zero attached hydrogens (tertiary/aromatic N) is 1. The summed E-state index contributed by atoms with van der Waals surface area (Å²) in [6.45, 7) is 0.412. The Balaban J connectivity index is 2.42. The van der Waals surface area contributed by atoms with E-state index in [-0.39, 0.29) is 12.5 Å². The lowest BCUT2D eigenvalue weighted by Crippen LogP contribution is -2.41. The zero-order valence-electron chi connectivity index (χ0n) is 5.95. The highest BCUT2D eigenvalue weighted by molar-refractivity contribution is 8.00. The van der Waals surface area contributed by atoms with Gasteiger partial charge in [0.1, 0.15) is 6.54 Å². The van der Waals surface area contributed by atoms with Crippen LogP contribution in [0, 0.1) is 0 Å². The molecule has 11 heavy (non-hydrogen) atoms. The molecule has 4 nitrogen and oxygen atoms in total. The van der Waals surface area contributed by atoms with Crippen LogP contribution >= 0.6 is 11.8 Å². The van der Waals surface area contributed by atoms with Gasteiger partial charge in [0.2, 0.25) is 5.91 Å². The minimum atomic E-state index is -0.940. The van der Waals surface area contributed by atoms with E-state index in [9.17, 15) is 9.59 Å². The highest BCUT2D eigenvalue weighted by atomic mass is 32.2. The Hall–Kier alpha value is -0.710. The molecule has 0 aromatic rings. The molecule has 0 aliphatic carbocycles. The fourth-order valence-corrected chi connectivity index (χ4v) is 1.73. The fraction of sp³-hybridized carbons (Fsp3) is 0.667. The largest absolute Gasteiger partial charge is 0.480 e. The van der Waals surface area contributed by atoms with E-state index in [2.05, 4.69) is 0 Å². The van der Waals surface area contributed by atoms with Crippen molar-refractivity contribution in [1.29, 1.82) is 0 Å². The van der Waals surface area contributed by atoms with Gasteiger partial charge in [0.05, 0.1) is 5.75 Å². The molecule has 0 spiro atoms. The average Bonchev–Trinajstić information content (AvgIpc) is 1.93. The number of amides is 1. The molecule has 62 valence electrons. The van der Waals surface area contributed by atoms with Gasteiger partial charge in [-0.1, -0.05) is 0 Å². The Labute approximate surface area is 68.6 Å². The SMILES string of the molecule is O=C(O)CN1CCSCC1=O. The minimum Gasteiger partial charge on any atom is -0.480 e.